The molecule has 0 unspecified atom stereocenters. The van der Waals surface area contributed by atoms with Gasteiger partial charge in [-0.2, -0.15) is 8.61 Å². The van der Waals surface area contributed by atoms with Crippen molar-refractivity contribution in [2.45, 2.75) is 100 Å². The second kappa shape index (κ2) is 27.8. The van der Waals surface area contributed by atoms with Crippen LogP contribution in [0.3, 0.4) is 0 Å². The standard InChI is InChI=1S/C20H29N3O8S.C19H27N3O8S.Li.H2O/c1-6-7-10-13-22(32(28,29)17-12-9-8-11-16(17)23(26)27)14-15(18(24)30-5)21-19(25)31-20(2,3)4;1-5-6-9-12-21(13-14(17(23)24)20-18(25)30-19(2,3)4)31(28,29)16-11-8-7-10-15(16)22(26)27;;/h6,8-9,11-12,15H,1,7,10,13-14H2,2-5H3,(H,21,25);5,7-8,10-11,14H,1,6,9,12-13H2,2-4H3,(H,20,25)(H,23,24);;1H2/q;;+1;/p-1/t15-;14-;;/m00../s1. The topological polar surface area (TPSA) is 331 Å². The van der Waals surface area contributed by atoms with Gasteiger partial charge in [-0.25, -0.2) is 36.0 Å². The number of carboxylic acids is 1. The average Bonchev–Trinajstić information content (AvgIpc) is 3.17. The minimum absolute atomic E-state index is 0. The third-order valence-corrected chi connectivity index (χ3v) is 11.8. The maximum atomic E-state index is 13.3. The van der Waals surface area contributed by atoms with Crippen LogP contribution in [0.2, 0.25) is 0 Å². The molecule has 0 aromatic heterocycles. The number of hydrogen-bond acceptors (Lipinski definition) is 16. The molecule has 0 bridgehead atoms. The molecule has 0 aliphatic heterocycles. The van der Waals surface area contributed by atoms with Gasteiger partial charge in [-0.15, -0.1) is 13.2 Å². The van der Waals surface area contributed by atoms with Crippen molar-refractivity contribution >= 4 is 55.5 Å². The van der Waals surface area contributed by atoms with E-state index >= 15 is 0 Å². The quantitative estimate of drug-likeness (QED) is 0.0289. The van der Waals surface area contributed by atoms with Crippen LogP contribution in [0, 0.1) is 20.2 Å². The maximum absolute atomic E-state index is 13.3. The summed E-state index contributed by atoms with van der Waals surface area (Å²) in [6, 6.07) is 6.62. The third kappa shape index (κ3) is 21.0. The summed E-state index contributed by atoms with van der Waals surface area (Å²) in [5.74, 6) is -2.39. The number of sulfonamides is 2. The first-order chi connectivity index (χ1) is 29.1. The van der Waals surface area contributed by atoms with Gasteiger partial charge < -0.3 is 35.4 Å². The van der Waals surface area contributed by atoms with E-state index in [4.69, 9.17) is 14.2 Å². The van der Waals surface area contributed by atoms with Gasteiger partial charge in [-0.3, -0.25) is 20.2 Å². The number of carboxylic acid groups (broad SMARTS) is 1. The zero-order valence-electron chi connectivity index (χ0n) is 37.6. The fourth-order valence-electron chi connectivity index (χ4n) is 5.19. The van der Waals surface area contributed by atoms with Gasteiger partial charge in [0.25, 0.3) is 11.4 Å². The van der Waals surface area contributed by atoms with E-state index in [1.807, 2.05) is 0 Å². The number of methoxy groups -OCH3 is 1. The number of allylic oxidation sites excluding steroid dienone is 2. The molecule has 358 valence electrons. The number of unbranched alkanes of at least 4 members (excludes halogenated alkanes) is 2. The first-order valence-corrected chi connectivity index (χ1v) is 22.0. The van der Waals surface area contributed by atoms with Crippen molar-refractivity contribution in [2.24, 2.45) is 0 Å². The normalized spacial score (nSPS) is 12.3. The van der Waals surface area contributed by atoms with Crippen LogP contribution in [-0.2, 0) is 43.8 Å². The Morgan fingerprint density at radius 1 is 0.723 bits per heavy atom. The van der Waals surface area contributed by atoms with Crippen LogP contribution in [0.15, 0.2) is 83.6 Å². The molecular weight excluding hydrogens is 896 g/mol. The molecule has 23 nitrogen and oxygen atoms in total. The van der Waals surface area contributed by atoms with Crippen LogP contribution < -0.4 is 29.5 Å². The zero-order chi connectivity index (χ0) is 48.3. The van der Waals surface area contributed by atoms with E-state index in [9.17, 15) is 61.3 Å². The fourth-order valence-corrected chi connectivity index (χ4v) is 8.49. The van der Waals surface area contributed by atoms with Gasteiger partial charge in [0.05, 0.1) is 17.0 Å². The maximum Gasteiger partial charge on any atom is 1.00 e. The van der Waals surface area contributed by atoms with Crippen molar-refractivity contribution in [1.29, 1.82) is 0 Å². The summed E-state index contributed by atoms with van der Waals surface area (Å²) in [5, 5.41) is 36.6. The predicted molar refractivity (Wildman–Crippen MR) is 230 cm³/mol. The van der Waals surface area contributed by atoms with Crippen LogP contribution in [0.5, 0.6) is 0 Å². The number of para-hydroxylation sites is 2. The molecule has 0 fully saturated rings. The van der Waals surface area contributed by atoms with E-state index < -0.39 is 112 Å². The van der Waals surface area contributed by atoms with E-state index in [2.05, 4.69) is 23.8 Å². The number of rotatable bonds is 22. The number of nitrogens with zero attached hydrogens (tertiary/aromatic N) is 4. The molecule has 0 heterocycles. The zero-order valence-corrected chi connectivity index (χ0v) is 39.3. The van der Waals surface area contributed by atoms with Gasteiger partial charge in [0.2, 0.25) is 20.0 Å². The second-order valence-corrected chi connectivity index (χ2v) is 19.1. The molecule has 2 rings (SSSR count). The van der Waals surface area contributed by atoms with Gasteiger partial charge in [0, 0.05) is 38.3 Å². The van der Waals surface area contributed by atoms with Crippen molar-refractivity contribution in [3.05, 3.63) is 94.1 Å². The number of nitrogens with one attached hydrogen (secondary N) is 2. The van der Waals surface area contributed by atoms with Crippen molar-refractivity contribution in [2.75, 3.05) is 33.3 Å². The van der Waals surface area contributed by atoms with Crippen molar-refractivity contribution in [3.8, 4) is 0 Å². The number of esters is 1. The van der Waals surface area contributed by atoms with Crippen molar-refractivity contribution in [3.63, 3.8) is 0 Å². The van der Waals surface area contributed by atoms with Crippen molar-refractivity contribution in [1.82, 2.24) is 19.2 Å². The molecule has 65 heavy (non-hydrogen) atoms. The van der Waals surface area contributed by atoms with Gasteiger partial charge in [0.15, 0.2) is 9.79 Å². The van der Waals surface area contributed by atoms with E-state index in [0.717, 1.165) is 40.0 Å². The smallest absolute Gasteiger partial charge is 0.870 e. The Morgan fingerprint density at radius 2 is 1.06 bits per heavy atom. The minimum atomic E-state index is -4.45. The molecule has 0 saturated carbocycles. The number of alkyl carbamates (subject to hydrolysis) is 2. The molecule has 0 spiro atoms. The monoisotopic (exact) mass is 952 g/mol. The molecule has 2 aromatic carbocycles. The first kappa shape index (κ1) is 61.7. The predicted octanol–water partition coefficient (Wildman–Crippen LogP) is 1.97. The van der Waals surface area contributed by atoms with Gasteiger partial charge in [0.1, 0.15) is 23.3 Å². The summed E-state index contributed by atoms with van der Waals surface area (Å²) >= 11 is 0. The molecule has 0 radical (unpaired) electrons. The largest absolute Gasteiger partial charge is 1.00 e. The summed E-state index contributed by atoms with van der Waals surface area (Å²) in [7, 11) is -7.77. The molecule has 26 heteroatoms. The molecule has 0 saturated heterocycles. The minimum Gasteiger partial charge on any atom is -0.870 e. The van der Waals surface area contributed by atoms with E-state index in [-0.39, 0.29) is 37.4 Å². The van der Waals surface area contributed by atoms with Gasteiger partial charge in [-0.1, -0.05) is 36.4 Å². The molecule has 0 aliphatic rings. The van der Waals surface area contributed by atoms with Crippen LogP contribution in [-0.4, -0.2) is 127 Å². The third-order valence-electron chi connectivity index (χ3n) is 7.93. The average molecular weight is 953 g/mol. The van der Waals surface area contributed by atoms with E-state index in [0.29, 0.717) is 25.7 Å². The Morgan fingerprint density at radius 3 is 1.37 bits per heavy atom. The summed E-state index contributed by atoms with van der Waals surface area (Å²) in [4.78, 5) is 68.1. The van der Waals surface area contributed by atoms with Crippen molar-refractivity contribution < 1.29 is 89.5 Å². The fraction of sp³-hybridized carbons (Fsp3) is 0.487. The number of hydrogen-bond donors (Lipinski definition) is 3. The Balaban J connectivity index is 0. The first-order valence-electron chi connectivity index (χ1n) is 19.1. The molecular formula is C39H57LiN6O17S2. The summed E-state index contributed by atoms with van der Waals surface area (Å²) in [6.07, 6.45) is 2.70. The van der Waals surface area contributed by atoms with E-state index in [1.54, 1.807) is 53.7 Å². The Labute approximate surface area is 390 Å². The van der Waals surface area contributed by atoms with Crippen LogP contribution in [0.25, 0.3) is 0 Å². The molecule has 2 amide bonds. The number of carbonyl (C=O) groups excluding carboxylic acids is 3. The Bertz CT molecular complexity index is 2180. The SMILES string of the molecule is C=CCCCN(C[C@H](NC(=O)OC(C)(C)C)C(=O)O)S(=O)(=O)c1ccccc1[N+](=O)[O-].C=CCCCN(C[C@H](NC(=O)OC(C)(C)C)C(=O)OC)S(=O)(=O)c1ccccc1[N+](=O)[O-].[Li+].[OH-]. The molecule has 2 atom stereocenters. The summed E-state index contributed by atoms with van der Waals surface area (Å²) < 4.78 is 69.6. The van der Waals surface area contributed by atoms with Gasteiger partial charge >= 0.3 is 43.0 Å². The Hall–Kier alpha value is -5.42. The number of benzene rings is 2. The number of amides is 2. The van der Waals surface area contributed by atoms with E-state index in [1.165, 1.54) is 24.3 Å². The number of nitro benzene ring substituents is 2. The Kier molecular flexibility index (Phi) is 26.4. The number of aliphatic carboxylic acids is 1. The molecule has 4 N–H and O–H groups in total. The number of carbonyl (C=O) groups is 4. The summed E-state index contributed by atoms with van der Waals surface area (Å²) in [6.45, 7) is 15.4. The van der Waals surface area contributed by atoms with Crippen LogP contribution in [0.1, 0.15) is 67.2 Å². The molecule has 0 aliphatic carbocycles. The molecule has 2 aromatic rings. The number of nitro groups is 2. The van der Waals surface area contributed by atoms with Crippen LogP contribution >= 0.6 is 0 Å². The summed E-state index contributed by atoms with van der Waals surface area (Å²) in [5.41, 5.74) is -2.99. The van der Waals surface area contributed by atoms with Gasteiger partial charge in [-0.05, 0) is 79.4 Å². The number of ether oxygens (including phenoxy) is 3. The second-order valence-electron chi connectivity index (χ2n) is 15.3. The van der Waals surface area contributed by atoms with Crippen LogP contribution in [0.4, 0.5) is 21.0 Å².